The summed E-state index contributed by atoms with van der Waals surface area (Å²) in [5.74, 6) is 0.861. The average molecular weight is 245 g/mol. The first-order valence-electron chi connectivity index (χ1n) is 6.19. The Hall–Kier alpha value is -1.81. The van der Waals surface area contributed by atoms with Crippen molar-refractivity contribution in [3.63, 3.8) is 0 Å². The summed E-state index contributed by atoms with van der Waals surface area (Å²) in [6.07, 6.45) is 0. The molecular formula is C14H19N3O. The van der Waals surface area contributed by atoms with Gasteiger partial charge in [-0.1, -0.05) is 0 Å². The number of pyridine rings is 1. The number of nitrogens with one attached hydrogen (secondary N) is 1. The van der Waals surface area contributed by atoms with E-state index in [0.717, 1.165) is 29.0 Å². The third-order valence-corrected chi connectivity index (χ3v) is 2.68. The molecule has 0 saturated carbocycles. The van der Waals surface area contributed by atoms with Gasteiger partial charge in [0.05, 0.1) is 12.1 Å². The Kier molecular flexibility index (Phi) is 3.99. The van der Waals surface area contributed by atoms with E-state index < -0.39 is 0 Å². The molecule has 1 atom stereocenters. The molecule has 4 nitrogen and oxygen atoms in total. The molecule has 1 heterocycles. The molecule has 0 aliphatic carbocycles. The zero-order valence-electron chi connectivity index (χ0n) is 10.8. The first-order valence-corrected chi connectivity index (χ1v) is 6.19. The fraction of sp³-hybridized carbons (Fsp3) is 0.357. The lowest BCUT2D eigenvalue weighted by Crippen LogP contribution is -2.22. The van der Waals surface area contributed by atoms with Gasteiger partial charge in [0.25, 0.3) is 0 Å². The summed E-state index contributed by atoms with van der Waals surface area (Å²) in [6.45, 7) is 5.48. The average Bonchev–Trinajstić information content (AvgIpc) is 2.36. The molecule has 1 aromatic carbocycles. The van der Waals surface area contributed by atoms with Crippen molar-refractivity contribution in [1.29, 1.82) is 0 Å². The molecule has 0 spiro atoms. The number of nitrogens with zero attached hydrogens (tertiary/aromatic N) is 1. The molecule has 2 aromatic rings. The van der Waals surface area contributed by atoms with E-state index >= 15 is 0 Å². The van der Waals surface area contributed by atoms with E-state index in [2.05, 4.69) is 17.2 Å². The van der Waals surface area contributed by atoms with Crippen LogP contribution in [0.3, 0.4) is 0 Å². The van der Waals surface area contributed by atoms with Crippen LogP contribution in [0.15, 0.2) is 30.3 Å². The van der Waals surface area contributed by atoms with Crippen LogP contribution in [-0.2, 0) is 4.74 Å². The van der Waals surface area contributed by atoms with Gasteiger partial charge in [-0.05, 0) is 44.2 Å². The van der Waals surface area contributed by atoms with Crippen LogP contribution < -0.4 is 11.1 Å². The van der Waals surface area contributed by atoms with E-state index in [1.165, 1.54) is 0 Å². The van der Waals surface area contributed by atoms with E-state index in [-0.39, 0.29) is 6.04 Å². The Morgan fingerprint density at radius 2 is 2.17 bits per heavy atom. The molecule has 0 fully saturated rings. The highest BCUT2D eigenvalue weighted by Gasteiger charge is 2.04. The third kappa shape index (κ3) is 3.11. The second-order valence-electron chi connectivity index (χ2n) is 4.35. The Morgan fingerprint density at radius 3 is 2.94 bits per heavy atom. The van der Waals surface area contributed by atoms with Crippen LogP contribution in [0.4, 0.5) is 11.5 Å². The van der Waals surface area contributed by atoms with Crippen LogP contribution in [0.1, 0.15) is 13.8 Å². The number of hydrogen-bond donors (Lipinski definition) is 2. The van der Waals surface area contributed by atoms with Crippen molar-refractivity contribution in [3.8, 4) is 0 Å². The summed E-state index contributed by atoms with van der Waals surface area (Å²) >= 11 is 0. The lowest BCUT2D eigenvalue weighted by Gasteiger charge is -2.14. The molecule has 0 saturated heterocycles. The van der Waals surface area contributed by atoms with Crippen LogP contribution in [0.2, 0.25) is 0 Å². The number of fused-ring (bicyclic) bond motifs is 1. The largest absolute Gasteiger partial charge is 0.399 e. The van der Waals surface area contributed by atoms with Crippen LogP contribution in [-0.4, -0.2) is 24.2 Å². The minimum absolute atomic E-state index is 0.240. The number of benzene rings is 1. The zero-order chi connectivity index (χ0) is 13.0. The fourth-order valence-corrected chi connectivity index (χ4v) is 1.81. The number of ether oxygens (including phenoxy) is 1. The Morgan fingerprint density at radius 1 is 1.33 bits per heavy atom. The van der Waals surface area contributed by atoms with Gasteiger partial charge in [-0.3, -0.25) is 0 Å². The maximum atomic E-state index is 5.74. The fourth-order valence-electron chi connectivity index (χ4n) is 1.81. The van der Waals surface area contributed by atoms with Gasteiger partial charge in [0.2, 0.25) is 0 Å². The van der Waals surface area contributed by atoms with Crippen LogP contribution in [0.25, 0.3) is 10.9 Å². The molecule has 2 rings (SSSR count). The van der Waals surface area contributed by atoms with Crippen molar-refractivity contribution in [2.75, 3.05) is 24.3 Å². The van der Waals surface area contributed by atoms with Gasteiger partial charge in [-0.15, -0.1) is 0 Å². The Labute approximate surface area is 107 Å². The summed E-state index contributed by atoms with van der Waals surface area (Å²) in [7, 11) is 0. The van der Waals surface area contributed by atoms with Gasteiger partial charge >= 0.3 is 0 Å². The molecule has 3 N–H and O–H groups in total. The molecule has 0 radical (unpaired) electrons. The molecule has 0 aliphatic heterocycles. The van der Waals surface area contributed by atoms with E-state index in [9.17, 15) is 0 Å². The number of hydrogen-bond acceptors (Lipinski definition) is 4. The molecular weight excluding hydrogens is 226 g/mol. The highest BCUT2D eigenvalue weighted by Crippen LogP contribution is 2.18. The standard InChI is InChI=1S/C14H19N3O/c1-3-18-9-10(2)16-14-7-4-11-8-12(15)5-6-13(11)17-14/h4-8,10H,3,9,15H2,1-2H3,(H,16,17). The molecule has 18 heavy (non-hydrogen) atoms. The SMILES string of the molecule is CCOCC(C)Nc1ccc2cc(N)ccc2n1. The summed E-state index contributed by atoms with van der Waals surface area (Å²) in [4.78, 5) is 4.54. The van der Waals surface area contributed by atoms with Crippen molar-refractivity contribution >= 4 is 22.4 Å². The maximum Gasteiger partial charge on any atom is 0.126 e. The van der Waals surface area contributed by atoms with Crippen molar-refractivity contribution in [2.24, 2.45) is 0 Å². The van der Waals surface area contributed by atoms with Gasteiger partial charge in [-0.2, -0.15) is 0 Å². The highest BCUT2D eigenvalue weighted by molar-refractivity contribution is 5.83. The van der Waals surface area contributed by atoms with Gasteiger partial charge in [0.15, 0.2) is 0 Å². The predicted octanol–water partition coefficient (Wildman–Crippen LogP) is 2.65. The highest BCUT2D eigenvalue weighted by atomic mass is 16.5. The molecule has 0 bridgehead atoms. The summed E-state index contributed by atoms with van der Waals surface area (Å²) in [6, 6.07) is 9.95. The van der Waals surface area contributed by atoms with Crippen LogP contribution in [0, 0.1) is 0 Å². The van der Waals surface area contributed by atoms with E-state index in [1.807, 2.05) is 37.3 Å². The van der Waals surface area contributed by atoms with Gasteiger partial charge in [0.1, 0.15) is 5.82 Å². The first kappa shape index (κ1) is 12.6. The van der Waals surface area contributed by atoms with E-state index in [4.69, 9.17) is 10.5 Å². The molecule has 4 heteroatoms. The lowest BCUT2D eigenvalue weighted by atomic mass is 10.2. The summed E-state index contributed by atoms with van der Waals surface area (Å²) < 4.78 is 5.36. The Bertz CT molecular complexity index is 527. The summed E-state index contributed by atoms with van der Waals surface area (Å²) in [5.41, 5.74) is 7.44. The first-order chi connectivity index (χ1) is 8.69. The van der Waals surface area contributed by atoms with Crippen molar-refractivity contribution < 1.29 is 4.74 Å². The monoisotopic (exact) mass is 245 g/mol. The third-order valence-electron chi connectivity index (χ3n) is 2.68. The van der Waals surface area contributed by atoms with E-state index in [0.29, 0.717) is 6.61 Å². The number of aromatic nitrogens is 1. The topological polar surface area (TPSA) is 60.2 Å². The molecule has 1 aromatic heterocycles. The Balaban J connectivity index is 2.12. The molecule has 96 valence electrons. The number of nitrogens with two attached hydrogens (primary N) is 1. The maximum absolute atomic E-state index is 5.74. The minimum Gasteiger partial charge on any atom is -0.399 e. The second kappa shape index (κ2) is 5.69. The van der Waals surface area contributed by atoms with Gasteiger partial charge in [-0.25, -0.2) is 4.98 Å². The molecule has 1 unspecified atom stereocenters. The summed E-state index contributed by atoms with van der Waals surface area (Å²) in [5, 5.41) is 4.37. The molecule has 0 amide bonds. The predicted molar refractivity (Wildman–Crippen MR) is 75.7 cm³/mol. The minimum atomic E-state index is 0.240. The smallest absolute Gasteiger partial charge is 0.126 e. The lowest BCUT2D eigenvalue weighted by molar-refractivity contribution is 0.141. The molecule has 0 aliphatic rings. The number of nitrogen functional groups attached to an aromatic ring is 1. The second-order valence-corrected chi connectivity index (χ2v) is 4.35. The normalized spacial score (nSPS) is 12.6. The quantitative estimate of drug-likeness (QED) is 0.795. The van der Waals surface area contributed by atoms with Gasteiger partial charge in [0, 0.05) is 23.7 Å². The van der Waals surface area contributed by atoms with Crippen molar-refractivity contribution in [2.45, 2.75) is 19.9 Å². The van der Waals surface area contributed by atoms with Crippen LogP contribution in [0.5, 0.6) is 0 Å². The van der Waals surface area contributed by atoms with Crippen molar-refractivity contribution in [1.82, 2.24) is 4.98 Å². The zero-order valence-corrected chi connectivity index (χ0v) is 10.8. The number of anilines is 2. The van der Waals surface area contributed by atoms with Crippen LogP contribution >= 0.6 is 0 Å². The van der Waals surface area contributed by atoms with E-state index in [1.54, 1.807) is 0 Å². The number of rotatable bonds is 5. The van der Waals surface area contributed by atoms with Gasteiger partial charge < -0.3 is 15.8 Å². The van der Waals surface area contributed by atoms with Crippen molar-refractivity contribution in [3.05, 3.63) is 30.3 Å².